The van der Waals surface area contributed by atoms with Crippen molar-refractivity contribution in [1.82, 2.24) is 4.90 Å². The van der Waals surface area contributed by atoms with Crippen LogP contribution < -0.4 is 0 Å². The Morgan fingerprint density at radius 3 is 1.67 bits per heavy atom. The first-order valence-electron chi connectivity index (χ1n) is 7.17. The van der Waals surface area contributed by atoms with Crippen LogP contribution in [0.2, 0.25) is 0 Å². The molecule has 0 unspecified atom stereocenters. The molecule has 0 radical (unpaired) electrons. The van der Waals surface area contributed by atoms with E-state index in [2.05, 4.69) is 29.2 Å². The molecule has 0 aliphatic heterocycles. The van der Waals surface area contributed by atoms with Gasteiger partial charge in [0.25, 0.3) is 0 Å². The molecular weight excluding hydrogens is 258 g/mol. The average molecular weight is 279 g/mol. The molecule has 0 heterocycles. The second-order valence-electron chi connectivity index (χ2n) is 5.22. The van der Waals surface area contributed by atoms with E-state index in [1.807, 2.05) is 43.3 Å². The number of allylic oxidation sites excluding steroid dienone is 2. The molecule has 0 aliphatic carbocycles. The average Bonchev–Trinajstić information content (AvgIpc) is 2.48. The quantitative estimate of drug-likeness (QED) is 0.739. The minimum absolute atomic E-state index is 0.0821. The van der Waals surface area contributed by atoms with Gasteiger partial charge in [-0.15, -0.1) is 0 Å². The molecule has 2 nitrogen and oxygen atoms in total. The first-order valence-corrected chi connectivity index (χ1v) is 7.17. The van der Waals surface area contributed by atoms with Crippen molar-refractivity contribution in [2.45, 2.75) is 26.9 Å². The predicted octanol–water partition coefficient (Wildman–Crippen LogP) is 4.18. The molecule has 2 aromatic rings. The fourth-order valence-electron chi connectivity index (χ4n) is 2.30. The Hall–Kier alpha value is -2.35. The number of carbonyl (C=O) groups is 1. The van der Waals surface area contributed by atoms with E-state index in [9.17, 15) is 4.79 Å². The van der Waals surface area contributed by atoms with E-state index in [-0.39, 0.29) is 5.78 Å². The van der Waals surface area contributed by atoms with Crippen LogP contribution in [0.25, 0.3) is 0 Å². The largest absolute Gasteiger partial charge is 0.366 e. The molecule has 0 amide bonds. The van der Waals surface area contributed by atoms with Crippen LogP contribution in [0, 0.1) is 0 Å². The molecule has 0 spiro atoms. The summed E-state index contributed by atoms with van der Waals surface area (Å²) in [5.74, 6) is 0.0821. The Morgan fingerprint density at radius 1 is 0.857 bits per heavy atom. The topological polar surface area (TPSA) is 20.3 Å². The molecule has 0 bridgehead atoms. The fraction of sp³-hybridized carbons (Fsp3) is 0.211. The summed E-state index contributed by atoms with van der Waals surface area (Å²) in [7, 11) is 0. The van der Waals surface area contributed by atoms with E-state index in [4.69, 9.17) is 0 Å². The van der Waals surface area contributed by atoms with Crippen LogP contribution in [0.1, 0.15) is 25.0 Å². The molecule has 0 atom stereocenters. The summed E-state index contributed by atoms with van der Waals surface area (Å²) in [6, 6.07) is 20.6. The van der Waals surface area contributed by atoms with Gasteiger partial charge in [0.05, 0.1) is 0 Å². The van der Waals surface area contributed by atoms with Crippen LogP contribution in [-0.2, 0) is 17.9 Å². The first-order chi connectivity index (χ1) is 10.1. The number of ketones is 1. The number of hydrogen-bond acceptors (Lipinski definition) is 2. The summed E-state index contributed by atoms with van der Waals surface area (Å²) < 4.78 is 0. The molecular formula is C19H21NO. The Labute approximate surface area is 126 Å². The standard InChI is InChI=1S/C19H21NO/c1-16(13-17(2)21)20(14-18-9-5-3-6-10-18)15-19-11-7-4-8-12-19/h3-13H,14-15H2,1-2H3/b16-13-. The Bertz CT molecular complexity index is 560. The van der Waals surface area contributed by atoms with E-state index < -0.39 is 0 Å². The van der Waals surface area contributed by atoms with Crippen molar-refractivity contribution in [2.75, 3.05) is 0 Å². The molecule has 0 N–H and O–H groups in total. The first kappa shape index (κ1) is 15.0. The lowest BCUT2D eigenvalue weighted by atomic mass is 10.1. The maximum atomic E-state index is 11.4. The van der Waals surface area contributed by atoms with Gasteiger partial charge in [0.15, 0.2) is 5.78 Å². The summed E-state index contributed by atoms with van der Waals surface area (Å²) >= 11 is 0. The van der Waals surface area contributed by atoms with Gasteiger partial charge in [-0.05, 0) is 31.1 Å². The number of carbonyl (C=O) groups excluding carboxylic acids is 1. The van der Waals surface area contributed by atoms with E-state index in [1.54, 1.807) is 13.0 Å². The minimum Gasteiger partial charge on any atom is -0.366 e. The highest BCUT2D eigenvalue weighted by Crippen LogP contribution is 2.15. The molecule has 2 rings (SSSR count). The lowest BCUT2D eigenvalue weighted by Crippen LogP contribution is -2.21. The Balaban J connectivity index is 2.20. The molecule has 0 aromatic heterocycles. The van der Waals surface area contributed by atoms with Crippen molar-refractivity contribution < 1.29 is 4.79 Å². The third-order valence-corrected chi connectivity index (χ3v) is 3.34. The van der Waals surface area contributed by atoms with Crippen LogP contribution >= 0.6 is 0 Å². The normalized spacial score (nSPS) is 11.2. The zero-order chi connectivity index (χ0) is 15.1. The number of rotatable bonds is 6. The highest BCUT2D eigenvalue weighted by Gasteiger charge is 2.08. The third kappa shape index (κ3) is 4.92. The van der Waals surface area contributed by atoms with Gasteiger partial charge in [0.1, 0.15) is 0 Å². The summed E-state index contributed by atoms with van der Waals surface area (Å²) in [5, 5.41) is 0. The molecule has 0 aliphatic rings. The summed E-state index contributed by atoms with van der Waals surface area (Å²) in [6.45, 7) is 5.18. The van der Waals surface area contributed by atoms with Crippen molar-refractivity contribution in [3.8, 4) is 0 Å². The monoisotopic (exact) mass is 279 g/mol. The van der Waals surface area contributed by atoms with Crippen molar-refractivity contribution in [3.63, 3.8) is 0 Å². The Kier molecular flexibility index (Phi) is 5.33. The van der Waals surface area contributed by atoms with Gasteiger partial charge in [-0.25, -0.2) is 0 Å². The molecule has 0 fully saturated rings. The SMILES string of the molecule is CC(=O)/C=C(/C)N(Cc1ccccc1)Cc1ccccc1. The van der Waals surface area contributed by atoms with Crippen LogP contribution in [0.5, 0.6) is 0 Å². The second kappa shape index (κ2) is 7.44. The zero-order valence-corrected chi connectivity index (χ0v) is 12.6. The second-order valence-corrected chi connectivity index (χ2v) is 5.22. The van der Waals surface area contributed by atoms with Crippen LogP contribution in [0.15, 0.2) is 72.4 Å². The number of hydrogen-bond donors (Lipinski definition) is 0. The van der Waals surface area contributed by atoms with Crippen molar-refractivity contribution >= 4 is 5.78 Å². The van der Waals surface area contributed by atoms with Gasteiger partial charge in [0, 0.05) is 18.8 Å². The molecule has 2 heteroatoms. The zero-order valence-electron chi connectivity index (χ0n) is 12.6. The molecule has 2 aromatic carbocycles. The lowest BCUT2D eigenvalue weighted by Gasteiger charge is -2.25. The maximum absolute atomic E-state index is 11.4. The van der Waals surface area contributed by atoms with Gasteiger partial charge in [-0.2, -0.15) is 0 Å². The third-order valence-electron chi connectivity index (χ3n) is 3.34. The fourth-order valence-corrected chi connectivity index (χ4v) is 2.30. The molecule has 21 heavy (non-hydrogen) atoms. The number of nitrogens with zero attached hydrogens (tertiary/aromatic N) is 1. The summed E-state index contributed by atoms with van der Waals surface area (Å²) in [6.07, 6.45) is 1.70. The van der Waals surface area contributed by atoms with Gasteiger partial charge < -0.3 is 4.90 Å². The lowest BCUT2D eigenvalue weighted by molar-refractivity contribution is -0.112. The predicted molar refractivity (Wildman–Crippen MR) is 86.6 cm³/mol. The van der Waals surface area contributed by atoms with Crippen LogP contribution in [0.3, 0.4) is 0 Å². The van der Waals surface area contributed by atoms with Gasteiger partial charge >= 0.3 is 0 Å². The maximum Gasteiger partial charge on any atom is 0.154 e. The van der Waals surface area contributed by atoms with Crippen molar-refractivity contribution in [1.29, 1.82) is 0 Å². The van der Waals surface area contributed by atoms with E-state index in [0.29, 0.717) is 0 Å². The van der Waals surface area contributed by atoms with Gasteiger partial charge in [-0.1, -0.05) is 60.7 Å². The minimum atomic E-state index is 0.0821. The highest BCUT2D eigenvalue weighted by atomic mass is 16.1. The van der Waals surface area contributed by atoms with E-state index in [0.717, 1.165) is 18.8 Å². The summed E-state index contributed by atoms with van der Waals surface area (Å²) in [4.78, 5) is 13.6. The Morgan fingerprint density at radius 2 is 1.29 bits per heavy atom. The smallest absolute Gasteiger partial charge is 0.154 e. The van der Waals surface area contributed by atoms with Crippen molar-refractivity contribution in [3.05, 3.63) is 83.6 Å². The van der Waals surface area contributed by atoms with Gasteiger partial charge in [0.2, 0.25) is 0 Å². The molecule has 0 saturated carbocycles. The molecule has 108 valence electrons. The highest BCUT2D eigenvalue weighted by molar-refractivity contribution is 5.87. The summed E-state index contributed by atoms with van der Waals surface area (Å²) in [5.41, 5.74) is 3.48. The van der Waals surface area contributed by atoms with E-state index >= 15 is 0 Å². The van der Waals surface area contributed by atoms with Crippen molar-refractivity contribution in [2.24, 2.45) is 0 Å². The van der Waals surface area contributed by atoms with E-state index in [1.165, 1.54) is 11.1 Å². The number of benzene rings is 2. The molecule has 0 saturated heterocycles. The van der Waals surface area contributed by atoms with Gasteiger partial charge in [-0.3, -0.25) is 4.79 Å². The van der Waals surface area contributed by atoms with Crippen LogP contribution in [-0.4, -0.2) is 10.7 Å². The van der Waals surface area contributed by atoms with Crippen LogP contribution in [0.4, 0.5) is 0 Å².